The fourth-order valence-electron chi connectivity index (χ4n) is 2.84. The average Bonchev–Trinajstić information content (AvgIpc) is 3.22. The summed E-state index contributed by atoms with van der Waals surface area (Å²) < 4.78 is 59.3. The summed E-state index contributed by atoms with van der Waals surface area (Å²) in [5.74, 6) is 0. The Bertz CT molecular complexity index is 994. The molecule has 1 fully saturated rings. The normalized spacial score (nSPS) is 16.3. The van der Waals surface area contributed by atoms with Crippen molar-refractivity contribution in [3.8, 4) is 0 Å². The van der Waals surface area contributed by atoms with E-state index in [0.29, 0.717) is 13.2 Å². The van der Waals surface area contributed by atoms with Gasteiger partial charge in [0.1, 0.15) is 0 Å². The van der Waals surface area contributed by atoms with Gasteiger partial charge in [0.2, 0.25) is 20.0 Å². The third-order valence-corrected chi connectivity index (χ3v) is 8.91. The maximum absolute atomic E-state index is 13.0. The molecule has 2 heterocycles. The van der Waals surface area contributed by atoms with Gasteiger partial charge in [0.05, 0.1) is 23.0 Å². The van der Waals surface area contributed by atoms with Crippen molar-refractivity contribution >= 4 is 31.4 Å². The second kappa shape index (κ2) is 8.85. The first-order valence-corrected chi connectivity index (χ1v) is 12.4. The van der Waals surface area contributed by atoms with Crippen molar-refractivity contribution in [1.29, 1.82) is 0 Å². The molecule has 0 N–H and O–H groups in total. The molecule has 0 amide bonds. The maximum Gasteiger partial charge on any atom is 0.243 e. The Labute approximate surface area is 170 Å². The van der Waals surface area contributed by atoms with E-state index in [9.17, 15) is 16.8 Å². The molecule has 0 spiro atoms. The van der Waals surface area contributed by atoms with E-state index in [1.54, 1.807) is 0 Å². The molecule has 1 aromatic heterocycles. The van der Waals surface area contributed by atoms with Crippen molar-refractivity contribution in [3.05, 3.63) is 59.3 Å². The van der Waals surface area contributed by atoms with Gasteiger partial charge in [-0.25, -0.2) is 16.8 Å². The number of sulfonamides is 2. The minimum atomic E-state index is -3.79. The molecule has 1 aromatic carbocycles. The highest BCUT2D eigenvalue weighted by molar-refractivity contribution is 7.89. The third-order valence-electron chi connectivity index (χ3n) is 4.31. The summed E-state index contributed by atoms with van der Waals surface area (Å²) in [4.78, 5) is 1.03. The molecule has 7 nitrogen and oxygen atoms in total. The highest BCUT2D eigenvalue weighted by atomic mass is 32.2. The fourth-order valence-corrected chi connectivity index (χ4v) is 6.43. The molecule has 0 saturated carbocycles. The van der Waals surface area contributed by atoms with Crippen LogP contribution in [0.15, 0.2) is 64.2 Å². The van der Waals surface area contributed by atoms with Crippen LogP contribution in [0.5, 0.6) is 0 Å². The molecule has 0 bridgehead atoms. The number of benzene rings is 1. The Kier molecular flexibility index (Phi) is 6.69. The number of hydrogen-bond donors (Lipinski definition) is 0. The van der Waals surface area contributed by atoms with Crippen LogP contribution < -0.4 is 0 Å². The first kappa shape index (κ1) is 21.2. The molecule has 10 heteroatoms. The van der Waals surface area contributed by atoms with Crippen molar-refractivity contribution in [3.63, 3.8) is 0 Å². The van der Waals surface area contributed by atoms with E-state index in [1.807, 2.05) is 17.5 Å². The van der Waals surface area contributed by atoms with E-state index in [1.165, 1.54) is 50.3 Å². The van der Waals surface area contributed by atoms with Gasteiger partial charge in [-0.2, -0.15) is 8.61 Å². The standard InChI is InChI=1S/C18H22N2O5S3/c1-2-9-20(15-16-4-3-14-26-16)28(23,24)18-7-5-17(6-8-18)27(21,22)19-10-12-25-13-11-19/h2-8,14H,1,9-13,15H2. The van der Waals surface area contributed by atoms with Crippen molar-refractivity contribution in [2.75, 3.05) is 32.8 Å². The van der Waals surface area contributed by atoms with Crippen LogP contribution in [0.3, 0.4) is 0 Å². The largest absolute Gasteiger partial charge is 0.379 e. The van der Waals surface area contributed by atoms with E-state index < -0.39 is 20.0 Å². The lowest BCUT2D eigenvalue weighted by atomic mass is 10.4. The van der Waals surface area contributed by atoms with Crippen LogP contribution >= 0.6 is 11.3 Å². The lowest BCUT2D eigenvalue weighted by Crippen LogP contribution is -2.40. The molecule has 152 valence electrons. The molecule has 3 rings (SSSR count). The zero-order valence-corrected chi connectivity index (χ0v) is 17.7. The monoisotopic (exact) mass is 442 g/mol. The zero-order valence-electron chi connectivity index (χ0n) is 15.2. The summed E-state index contributed by atoms with van der Waals surface area (Å²) >= 11 is 1.47. The molecule has 0 unspecified atom stereocenters. The Morgan fingerprint density at radius 3 is 2.29 bits per heavy atom. The predicted molar refractivity (Wildman–Crippen MR) is 108 cm³/mol. The Morgan fingerprint density at radius 1 is 1.07 bits per heavy atom. The fraction of sp³-hybridized carbons (Fsp3) is 0.333. The van der Waals surface area contributed by atoms with Crippen LogP contribution in [0.25, 0.3) is 0 Å². The molecular formula is C18H22N2O5S3. The Balaban J connectivity index is 1.85. The highest BCUT2D eigenvalue weighted by Gasteiger charge is 2.28. The van der Waals surface area contributed by atoms with Crippen molar-refractivity contribution < 1.29 is 21.6 Å². The topological polar surface area (TPSA) is 84.0 Å². The minimum absolute atomic E-state index is 0.0480. The molecule has 2 aromatic rings. The summed E-state index contributed by atoms with van der Waals surface area (Å²) in [6.45, 7) is 5.31. The van der Waals surface area contributed by atoms with Gasteiger partial charge in [0, 0.05) is 31.1 Å². The first-order chi connectivity index (χ1) is 13.4. The molecule has 1 saturated heterocycles. The second-order valence-corrected chi connectivity index (χ2v) is 11.1. The van der Waals surface area contributed by atoms with Gasteiger partial charge in [0.25, 0.3) is 0 Å². The van der Waals surface area contributed by atoms with Gasteiger partial charge in [-0.15, -0.1) is 17.9 Å². The number of ether oxygens (including phenoxy) is 1. The summed E-state index contributed by atoms with van der Waals surface area (Å²) in [5, 5.41) is 1.89. The van der Waals surface area contributed by atoms with Gasteiger partial charge >= 0.3 is 0 Å². The lowest BCUT2D eigenvalue weighted by molar-refractivity contribution is 0.0730. The van der Waals surface area contributed by atoms with Crippen molar-refractivity contribution in [2.45, 2.75) is 16.3 Å². The Morgan fingerprint density at radius 2 is 1.71 bits per heavy atom. The van der Waals surface area contributed by atoms with Gasteiger partial charge < -0.3 is 4.74 Å². The predicted octanol–water partition coefficient (Wildman–Crippen LogP) is 2.15. The number of thiophene rings is 1. The molecule has 0 radical (unpaired) electrons. The second-order valence-electron chi connectivity index (χ2n) is 6.15. The van der Waals surface area contributed by atoms with Crippen LogP contribution in [0, 0.1) is 0 Å². The average molecular weight is 443 g/mol. The van der Waals surface area contributed by atoms with Gasteiger partial charge in [-0.05, 0) is 35.7 Å². The molecular weight excluding hydrogens is 420 g/mol. The summed E-state index contributed by atoms with van der Waals surface area (Å²) in [6, 6.07) is 9.10. The van der Waals surface area contributed by atoms with Crippen LogP contribution in [0.1, 0.15) is 4.88 Å². The van der Waals surface area contributed by atoms with Crippen LogP contribution in [0.2, 0.25) is 0 Å². The van der Waals surface area contributed by atoms with E-state index >= 15 is 0 Å². The molecule has 28 heavy (non-hydrogen) atoms. The van der Waals surface area contributed by atoms with E-state index in [-0.39, 0.29) is 36.0 Å². The number of rotatable bonds is 8. The zero-order chi connectivity index (χ0) is 20.2. The van der Waals surface area contributed by atoms with E-state index in [0.717, 1.165) is 4.88 Å². The van der Waals surface area contributed by atoms with Crippen molar-refractivity contribution in [1.82, 2.24) is 8.61 Å². The molecule has 1 aliphatic rings. The number of morpholine rings is 1. The Hall–Kier alpha value is -1.56. The van der Waals surface area contributed by atoms with Crippen molar-refractivity contribution in [2.24, 2.45) is 0 Å². The maximum atomic E-state index is 13.0. The first-order valence-electron chi connectivity index (χ1n) is 8.67. The molecule has 0 atom stereocenters. The molecule has 0 aliphatic carbocycles. The van der Waals surface area contributed by atoms with Crippen LogP contribution in [-0.2, 0) is 31.3 Å². The highest BCUT2D eigenvalue weighted by Crippen LogP contribution is 2.23. The summed E-state index contributed by atoms with van der Waals surface area (Å²) in [6.07, 6.45) is 1.53. The van der Waals surface area contributed by atoms with Gasteiger partial charge in [-0.1, -0.05) is 12.1 Å². The smallest absolute Gasteiger partial charge is 0.243 e. The summed E-state index contributed by atoms with van der Waals surface area (Å²) in [5.41, 5.74) is 0. The van der Waals surface area contributed by atoms with Crippen LogP contribution in [0.4, 0.5) is 0 Å². The minimum Gasteiger partial charge on any atom is -0.379 e. The number of nitrogens with zero attached hydrogens (tertiary/aromatic N) is 2. The summed E-state index contributed by atoms with van der Waals surface area (Å²) in [7, 11) is -7.45. The van der Waals surface area contributed by atoms with E-state index in [4.69, 9.17) is 4.74 Å². The third kappa shape index (κ3) is 4.53. The van der Waals surface area contributed by atoms with Gasteiger partial charge in [-0.3, -0.25) is 0 Å². The quantitative estimate of drug-likeness (QED) is 0.585. The lowest BCUT2D eigenvalue weighted by Gasteiger charge is -2.26. The SMILES string of the molecule is C=CCN(Cc1cccs1)S(=O)(=O)c1ccc(S(=O)(=O)N2CCOCC2)cc1. The van der Waals surface area contributed by atoms with E-state index in [2.05, 4.69) is 6.58 Å². The molecule has 1 aliphatic heterocycles. The van der Waals surface area contributed by atoms with Gasteiger partial charge in [0.15, 0.2) is 0 Å². The number of hydrogen-bond acceptors (Lipinski definition) is 6. The van der Waals surface area contributed by atoms with Crippen LogP contribution in [-0.4, -0.2) is 58.3 Å².